The number of nitrogens with zero attached hydrogens (tertiary/aromatic N) is 2. The Bertz CT molecular complexity index is 417. The number of rotatable bonds is 2. The maximum atomic E-state index is 11.0. The number of aromatic carboxylic acids is 1. The Labute approximate surface area is 104 Å². The minimum absolute atomic E-state index is 0.131. The van der Waals surface area contributed by atoms with E-state index >= 15 is 0 Å². The van der Waals surface area contributed by atoms with Crippen molar-refractivity contribution in [1.29, 1.82) is 0 Å². The van der Waals surface area contributed by atoms with Crippen LogP contribution >= 0.6 is 11.8 Å². The lowest BCUT2D eigenvalue weighted by molar-refractivity contribution is 0.0698. The van der Waals surface area contributed by atoms with Gasteiger partial charge in [-0.05, 0) is 18.2 Å². The summed E-state index contributed by atoms with van der Waals surface area (Å²) in [7, 11) is 0. The molecule has 0 saturated carbocycles. The number of anilines is 2. The lowest BCUT2D eigenvalue weighted by Crippen LogP contribution is -2.28. The van der Waals surface area contributed by atoms with Crippen molar-refractivity contribution >= 4 is 29.2 Å². The van der Waals surface area contributed by atoms with E-state index in [9.17, 15) is 4.79 Å². The molecule has 17 heavy (non-hydrogen) atoms. The first kappa shape index (κ1) is 12.0. The molecule has 1 aliphatic heterocycles. The van der Waals surface area contributed by atoms with Gasteiger partial charge in [-0.2, -0.15) is 11.8 Å². The molecule has 0 spiro atoms. The Morgan fingerprint density at radius 1 is 1.47 bits per heavy atom. The normalized spacial score (nSPS) is 16.6. The van der Waals surface area contributed by atoms with Crippen molar-refractivity contribution in [3.8, 4) is 0 Å². The van der Waals surface area contributed by atoms with Crippen molar-refractivity contribution in [2.45, 2.75) is 6.42 Å². The van der Waals surface area contributed by atoms with Gasteiger partial charge in [0, 0.05) is 25.0 Å². The molecule has 3 N–H and O–H groups in total. The monoisotopic (exact) mass is 253 g/mol. The first-order chi connectivity index (χ1) is 8.20. The van der Waals surface area contributed by atoms with Crippen LogP contribution in [-0.2, 0) is 0 Å². The summed E-state index contributed by atoms with van der Waals surface area (Å²) >= 11 is 1.90. The van der Waals surface area contributed by atoms with Gasteiger partial charge in [0.25, 0.3) is 0 Å². The number of nitrogen functional groups attached to an aromatic ring is 1. The van der Waals surface area contributed by atoms with Crippen LogP contribution < -0.4 is 10.6 Å². The van der Waals surface area contributed by atoms with Gasteiger partial charge in [-0.3, -0.25) is 0 Å². The second-order valence-electron chi connectivity index (χ2n) is 3.85. The van der Waals surface area contributed by atoms with Crippen LogP contribution in [0, 0.1) is 0 Å². The summed E-state index contributed by atoms with van der Waals surface area (Å²) in [5, 5.41) is 9.01. The molecule has 2 rings (SSSR count). The van der Waals surface area contributed by atoms with E-state index in [1.807, 2.05) is 11.8 Å². The van der Waals surface area contributed by atoms with Gasteiger partial charge in [-0.1, -0.05) is 0 Å². The molecule has 1 aliphatic rings. The number of carboxylic acids is 1. The van der Waals surface area contributed by atoms with Gasteiger partial charge in [0.1, 0.15) is 0 Å². The highest BCUT2D eigenvalue weighted by Crippen LogP contribution is 2.25. The van der Waals surface area contributed by atoms with Crippen molar-refractivity contribution in [3.63, 3.8) is 0 Å². The predicted molar refractivity (Wildman–Crippen MR) is 69.8 cm³/mol. The number of nitrogens with two attached hydrogens (primary N) is 1. The Hall–Kier alpha value is -1.43. The number of carboxylic acid groups (broad SMARTS) is 1. The minimum atomic E-state index is -1.00. The zero-order valence-electron chi connectivity index (χ0n) is 9.43. The molecule has 92 valence electrons. The SMILES string of the molecule is Nc1c(C(=O)O)ccnc1N1CCCSCC1. The van der Waals surface area contributed by atoms with E-state index in [1.54, 1.807) is 0 Å². The smallest absolute Gasteiger partial charge is 0.337 e. The molecule has 2 heterocycles. The predicted octanol–water partition coefficient (Wildman–Crippen LogP) is 1.31. The van der Waals surface area contributed by atoms with Crippen LogP contribution in [0.2, 0.25) is 0 Å². The Kier molecular flexibility index (Phi) is 3.73. The first-order valence-electron chi connectivity index (χ1n) is 5.50. The third-order valence-corrected chi connectivity index (χ3v) is 3.77. The van der Waals surface area contributed by atoms with E-state index in [-0.39, 0.29) is 11.3 Å². The molecule has 1 saturated heterocycles. The highest BCUT2D eigenvalue weighted by molar-refractivity contribution is 7.99. The average Bonchev–Trinajstić information content (AvgIpc) is 2.57. The number of aromatic nitrogens is 1. The molecular weight excluding hydrogens is 238 g/mol. The minimum Gasteiger partial charge on any atom is -0.478 e. The van der Waals surface area contributed by atoms with Gasteiger partial charge in [-0.15, -0.1) is 0 Å². The van der Waals surface area contributed by atoms with Gasteiger partial charge in [0.2, 0.25) is 0 Å². The van der Waals surface area contributed by atoms with Crippen LogP contribution in [0.5, 0.6) is 0 Å². The number of hydrogen-bond acceptors (Lipinski definition) is 5. The third kappa shape index (κ3) is 2.63. The molecule has 0 unspecified atom stereocenters. The summed E-state index contributed by atoms with van der Waals surface area (Å²) in [5.41, 5.74) is 6.28. The van der Waals surface area contributed by atoms with Crippen LogP contribution in [0.1, 0.15) is 16.8 Å². The summed E-state index contributed by atoms with van der Waals surface area (Å²) < 4.78 is 0. The fraction of sp³-hybridized carbons (Fsp3) is 0.455. The van der Waals surface area contributed by atoms with Gasteiger partial charge in [0.05, 0.1) is 11.3 Å². The number of thioether (sulfide) groups is 1. The molecule has 0 aromatic carbocycles. The topological polar surface area (TPSA) is 79.5 Å². The van der Waals surface area contributed by atoms with E-state index in [0.717, 1.165) is 31.0 Å². The lowest BCUT2D eigenvalue weighted by Gasteiger charge is -2.22. The van der Waals surface area contributed by atoms with Crippen LogP contribution in [0.15, 0.2) is 12.3 Å². The molecule has 0 atom stereocenters. The second kappa shape index (κ2) is 5.27. The van der Waals surface area contributed by atoms with E-state index in [2.05, 4.69) is 9.88 Å². The lowest BCUT2D eigenvalue weighted by atomic mass is 10.2. The summed E-state index contributed by atoms with van der Waals surface area (Å²) in [6.45, 7) is 1.75. The maximum Gasteiger partial charge on any atom is 0.337 e. The Morgan fingerprint density at radius 3 is 3.06 bits per heavy atom. The van der Waals surface area contributed by atoms with Gasteiger partial charge in [0.15, 0.2) is 5.82 Å². The number of pyridine rings is 1. The number of hydrogen-bond donors (Lipinski definition) is 2. The average molecular weight is 253 g/mol. The standard InChI is InChI=1S/C11H15N3O2S/c12-9-8(11(15)16)2-3-13-10(9)14-4-1-6-17-7-5-14/h2-3H,1,4-7,12H2,(H,15,16). The first-order valence-corrected chi connectivity index (χ1v) is 6.66. The zero-order chi connectivity index (χ0) is 12.3. The van der Waals surface area contributed by atoms with Crippen LogP contribution in [0.3, 0.4) is 0 Å². The van der Waals surface area contributed by atoms with Crippen LogP contribution in [0.4, 0.5) is 11.5 Å². The zero-order valence-corrected chi connectivity index (χ0v) is 10.2. The highest BCUT2D eigenvalue weighted by Gasteiger charge is 2.18. The highest BCUT2D eigenvalue weighted by atomic mass is 32.2. The van der Waals surface area contributed by atoms with Crippen molar-refractivity contribution < 1.29 is 9.90 Å². The molecule has 0 amide bonds. The molecule has 6 heteroatoms. The molecule has 0 radical (unpaired) electrons. The van der Waals surface area contributed by atoms with Crippen molar-refractivity contribution in [3.05, 3.63) is 17.8 Å². The molecule has 1 aromatic heterocycles. The Morgan fingerprint density at radius 2 is 2.29 bits per heavy atom. The van der Waals surface area contributed by atoms with Crippen LogP contribution in [-0.4, -0.2) is 40.7 Å². The molecule has 0 aliphatic carbocycles. The van der Waals surface area contributed by atoms with Crippen molar-refractivity contribution in [2.24, 2.45) is 0 Å². The largest absolute Gasteiger partial charge is 0.478 e. The van der Waals surface area contributed by atoms with E-state index in [1.165, 1.54) is 12.3 Å². The van der Waals surface area contributed by atoms with Gasteiger partial charge < -0.3 is 15.7 Å². The second-order valence-corrected chi connectivity index (χ2v) is 5.08. The van der Waals surface area contributed by atoms with E-state index < -0.39 is 5.97 Å². The fourth-order valence-corrected chi connectivity index (χ4v) is 2.75. The quantitative estimate of drug-likeness (QED) is 0.827. The third-order valence-electron chi connectivity index (χ3n) is 2.72. The van der Waals surface area contributed by atoms with Crippen LogP contribution in [0.25, 0.3) is 0 Å². The van der Waals surface area contributed by atoms with E-state index in [4.69, 9.17) is 10.8 Å². The maximum absolute atomic E-state index is 11.0. The molecule has 0 bridgehead atoms. The van der Waals surface area contributed by atoms with Gasteiger partial charge >= 0.3 is 5.97 Å². The van der Waals surface area contributed by atoms with E-state index in [0.29, 0.717) is 5.82 Å². The Balaban J connectivity index is 2.30. The molecule has 1 fully saturated rings. The van der Waals surface area contributed by atoms with Crippen molar-refractivity contribution in [2.75, 3.05) is 35.2 Å². The summed E-state index contributed by atoms with van der Waals surface area (Å²) in [5.74, 6) is 1.76. The number of carbonyl (C=O) groups is 1. The molecule has 5 nitrogen and oxygen atoms in total. The van der Waals surface area contributed by atoms with Gasteiger partial charge in [-0.25, -0.2) is 9.78 Å². The van der Waals surface area contributed by atoms with Crippen molar-refractivity contribution in [1.82, 2.24) is 4.98 Å². The summed E-state index contributed by atoms with van der Waals surface area (Å²) in [6.07, 6.45) is 2.58. The summed E-state index contributed by atoms with van der Waals surface area (Å²) in [6, 6.07) is 1.44. The molecular formula is C11H15N3O2S. The summed E-state index contributed by atoms with van der Waals surface area (Å²) in [4.78, 5) is 17.3. The fourth-order valence-electron chi connectivity index (χ4n) is 1.86. The molecule has 1 aromatic rings.